The number of carbonyl (C=O) groups is 1. The molecule has 1 aromatic rings. The number of rotatable bonds is 4. The van der Waals surface area contributed by atoms with Crippen molar-refractivity contribution in [3.63, 3.8) is 0 Å². The normalized spacial score (nSPS) is 15.0. The monoisotopic (exact) mass is 203 g/mol. The predicted molar refractivity (Wildman–Crippen MR) is 60.3 cm³/mol. The number of benzene rings is 1. The quantitative estimate of drug-likeness (QED) is 0.736. The van der Waals surface area contributed by atoms with Gasteiger partial charge in [-0.2, -0.15) is 0 Å². The maximum absolute atomic E-state index is 11.7. The molecule has 1 fully saturated rings. The van der Waals surface area contributed by atoms with Crippen LogP contribution in [0.4, 0.5) is 0 Å². The SMILES string of the molecule is CCC(=O)N(Cc1ccccc1)C1CC1. The summed E-state index contributed by atoms with van der Waals surface area (Å²) in [6.45, 7) is 2.71. The molecule has 1 aliphatic carbocycles. The van der Waals surface area contributed by atoms with Gasteiger partial charge in [-0.1, -0.05) is 37.3 Å². The lowest BCUT2D eigenvalue weighted by atomic mass is 10.2. The summed E-state index contributed by atoms with van der Waals surface area (Å²) in [5.41, 5.74) is 1.23. The van der Waals surface area contributed by atoms with Gasteiger partial charge in [-0.15, -0.1) is 0 Å². The molecule has 0 heterocycles. The highest BCUT2D eigenvalue weighted by Gasteiger charge is 2.31. The molecule has 2 rings (SSSR count). The van der Waals surface area contributed by atoms with Crippen molar-refractivity contribution in [2.24, 2.45) is 0 Å². The molecule has 0 atom stereocenters. The standard InChI is InChI=1S/C13H17NO/c1-2-13(15)14(12-8-9-12)10-11-6-4-3-5-7-11/h3-7,12H,2,8-10H2,1H3. The molecule has 1 aliphatic rings. The Morgan fingerprint density at radius 3 is 2.53 bits per heavy atom. The van der Waals surface area contributed by atoms with E-state index in [1.807, 2.05) is 30.0 Å². The Hall–Kier alpha value is -1.31. The van der Waals surface area contributed by atoms with E-state index >= 15 is 0 Å². The van der Waals surface area contributed by atoms with Crippen LogP contribution in [0.15, 0.2) is 30.3 Å². The number of hydrogen-bond donors (Lipinski definition) is 0. The van der Waals surface area contributed by atoms with Crippen LogP contribution in [-0.2, 0) is 11.3 Å². The van der Waals surface area contributed by atoms with Crippen molar-refractivity contribution in [2.45, 2.75) is 38.8 Å². The van der Waals surface area contributed by atoms with Gasteiger partial charge in [0.05, 0.1) is 0 Å². The molecular formula is C13H17NO. The topological polar surface area (TPSA) is 20.3 Å². The van der Waals surface area contributed by atoms with E-state index in [0.717, 1.165) is 6.54 Å². The fourth-order valence-electron chi connectivity index (χ4n) is 1.79. The van der Waals surface area contributed by atoms with Crippen LogP contribution in [0.25, 0.3) is 0 Å². The highest BCUT2D eigenvalue weighted by molar-refractivity contribution is 5.76. The zero-order chi connectivity index (χ0) is 10.7. The van der Waals surface area contributed by atoms with Crippen LogP contribution in [0.3, 0.4) is 0 Å². The zero-order valence-electron chi connectivity index (χ0n) is 9.15. The fraction of sp³-hybridized carbons (Fsp3) is 0.462. The van der Waals surface area contributed by atoms with Crippen LogP contribution in [-0.4, -0.2) is 16.8 Å². The lowest BCUT2D eigenvalue weighted by Crippen LogP contribution is -2.31. The van der Waals surface area contributed by atoms with E-state index in [2.05, 4.69) is 12.1 Å². The molecule has 1 aromatic carbocycles. The van der Waals surface area contributed by atoms with Gasteiger partial charge in [0.1, 0.15) is 0 Å². The molecule has 2 heteroatoms. The van der Waals surface area contributed by atoms with Gasteiger partial charge in [0, 0.05) is 19.0 Å². The Morgan fingerprint density at radius 1 is 1.33 bits per heavy atom. The van der Waals surface area contributed by atoms with Gasteiger partial charge in [0.2, 0.25) is 5.91 Å². The van der Waals surface area contributed by atoms with Crippen LogP contribution in [0.5, 0.6) is 0 Å². The Bertz CT molecular complexity index is 330. The van der Waals surface area contributed by atoms with E-state index in [0.29, 0.717) is 12.5 Å². The van der Waals surface area contributed by atoms with Crippen LogP contribution >= 0.6 is 0 Å². The van der Waals surface area contributed by atoms with E-state index in [4.69, 9.17) is 0 Å². The minimum atomic E-state index is 0.279. The summed E-state index contributed by atoms with van der Waals surface area (Å²) in [6.07, 6.45) is 2.97. The maximum Gasteiger partial charge on any atom is 0.222 e. The summed E-state index contributed by atoms with van der Waals surface area (Å²) in [5.74, 6) is 0.279. The highest BCUT2D eigenvalue weighted by atomic mass is 16.2. The van der Waals surface area contributed by atoms with Crippen LogP contribution < -0.4 is 0 Å². The van der Waals surface area contributed by atoms with Crippen LogP contribution in [0, 0.1) is 0 Å². The van der Waals surface area contributed by atoms with Gasteiger partial charge in [-0.05, 0) is 18.4 Å². The Morgan fingerprint density at radius 2 is 2.00 bits per heavy atom. The summed E-state index contributed by atoms with van der Waals surface area (Å²) in [4.78, 5) is 13.7. The smallest absolute Gasteiger partial charge is 0.222 e. The second-order valence-electron chi connectivity index (χ2n) is 4.09. The number of hydrogen-bond acceptors (Lipinski definition) is 1. The molecule has 0 spiro atoms. The third-order valence-corrected chi connectivity index (χ3v) is 2.81. The van der Waals surface area contributed by atoms with Gasteiger partial charge in [-0.25, -0.2) is 0 Å². The molecule has 1 saturated carbocycles. The lowest BCUT2D eigenvalue weighted by Gasteiger charge is -2.21. The minimum Gasteiger partial charge on any atom is -0.335 e. The van der Waals surface area contributed by atoms with Gasteiger partial charge >= 0.3 is 0 Å². The van der Waals surface area contributed by atoms with Crippen molar-refractivity contribution in [2.75, 3.05) is 0 Å². The summed E-state index contributed by atoms with van der Waals surface area (Å²) < 4.78 is 0. The summed E-state index contributed by atoms with van der Waals surface area (Å²) >= 11 is 0. The molecule has 0 radical (unpaired) electrons. The zero-order valence-corrected chi connectivity index (χ0v) is 9.15. The Labute approximate surface area is 90.9 Å². The van der Waals surface area contributed by atoms with Crippen molar-refractivity contribution in [3.05, 3.63) is 35.9 Å². The number of carbonyl (C=O) groups excluding carboxylic acids is 1. The summed E-state index contributed by atoms with van der Waals surface area (Å²) in [7, 11) is 0. The Balaban J connectivity index is 2.04. The van der Waals surface area contributed by atoms with E-state index in [1.165, 1.54) is 18.4 Å². The van der Waals surface area contributed by atoms with Crippen molar-refractivity contribution in [3.8, 4) is 0 Å². The highest BCUT2D eigenvalue weighted by Crippen LogP contribution is 2.28. The molecule has 0 saturated heterocycles. The first-order valence-corrected chi connectivity index (χ1v) is 5.64. The molecule has 0 bridgehead atoms. The van der Waals surface area contributed by atoms with Crippen LogP contribution in [0.2, 0.25) is 0 Å². The first-order chi connectivity index (χ1) is 7.31. The van der Waals surface area contributed by atoms with Gasteiger partial charge in [0.25, 0.3) is 0 Å². The first-order valence-electron chi connectivity index (χ1n) is 5.64. The average Bonchev–Trinajstić information content (AvgIpc) is 3.10. The summed E-state index contributed by atoms with van der Waals surface area (Å²) in [6, 6.07) is 10.7. The molecule has 0 N–H and O–H groups in total. The largest absolute Gasteiger partial charge is 0.335 e. The molecular weight excluding hydrogens is 186 g/mol. The van der Waals surface area contributed by atoms with Crippen molar-refractivity contribution in [1.29, 1.82) is 0 Å². The third-order valence-electron chi connectivity index (χ3n) is 2.81. The van der Waals surface area contributed by atoms with E-state index in [1.54, 1.807) is 0 Å². The second kappa shape index (κ2) is 4.47. The molecule has 1 amide bonds. The molecule has 0 aromatic heterocycles. The molecule has 0 aliphatic heterocycles. The fourth-order valence-corrected chi connectivity index (χ4v) is 1.79. The maximum atomic E-state index is 11.7. The summed E-state index contributed by atoms with van der Waals surface area (Å²) in [5, 5.41) is 0. The van der Waals surface area contributed by atoms with E-state index in [9.17, 15) is 4.79 Å². The Kier molecular flexibility index (Phi) is 3.05. The van der Waals surface area contributed by atoms with Gasteiger partial charge < -0.3 is 4.90 Å². The van der Waals surface area contributed by atoms with E-state index < -0.39 is 0 Å². The number of nitrogens with zero attached hydrogens (tertiary/aromatic N) is 1. The van der Waals surface area contributed by atoms with Crippen molar-refractivity contribution < 1.29 is 4.79 Å². The van der Waals surface area contributed by atoms with Gasteiger partial charge in [-0.3, -0.25) is 4.79 Å². The van der Waals surface area contributed by atoms with Crippen LogP contribution in [0.1, 0.15) is 31.7 Å². The van der Waals surface area contributed by atoms with Crippen molar-refractivity contribution in [1.82, 2.24) is 4.90 Å². The molecule has 15 heavy (non-hydrogen) atoms. The molecule has 80 valence electrons. The minimum absolute atomic E-state index is 0.279. The predicted octanol–water partition coefficient (Wildman–Crippen LogP) is 2.59. The first kappa shape index (κ1) is 10.2. The van der Waals surface area contributed by atoms with Gasteiger partial charge in [0.15, 0.2) is 0 Å². The molecule has 2 nitrogen and oxygen atoms in total. The third kappa shape index (κ3) is 2.58. The van der Waals surface area contributed by atoms with Crippen molar-refractivity contribution >= 4 is 5.91 Å². The second-order valence-corrected chi connectivity index (χ2v) is 4.09. The number of amides is 1. The lowest BCUT2D eigenvalue weighted by molar-refractivity contribution is -0.132. The van der Waals surface area contributed by atoms with E-state index in [-0.39, 0.29) is 5.91 Å². The average molecular weight is 203 g/mol. The molecule has 0 unspecified atom stereocenters.